The summed E-state index contributed by atoms with van der Waals surface area (Å²) in [6, 6.07) is 40.1. The summed E-state index contributed by atoms with van der Waals surface area (Å²) in [7, 11) is 0. The van der Waals surface area contributed by atoms with Crippen LogP contribution in [0.15, 0.2) is 126 Å². The molecule has 0 N–H and O–H groups in total. The molecule has 0 saturated heterocycles. The molecule has 2 heteroatoms. The number of aryl methyl sites for hydroxylation is 5. The van der Waals surface area contributed by atoms with Gasteiger partial charge in [-0.25, -0.2) is 0 Å². The molecule has 0 fully saturated rings. The Labute approximate surface area is 250 Å². The van der Waals surface area contributed by atoms with Crippen molar-refractivity contribution in [3.05, 3.63) is 149 Å². The molecule has 4 aliphatic carbocycles. The van der Waals surface area contributed by atoms with E-state index in [0.717, 1.165) is 75.4 Å². The molecule has 2 nitrogen and oxygen atoms in total. The number of hydrogen-bond acceptors (Lipinski definition) is 2. The summed E-state index contributed by atoms with van der Waals surface area (Å²) < 4.78 is 32.0. The molecule has 2 heterocycles. The number of hydrogen-bond donors (Lipinski definition) is 0. The summed E-state index contributed by atoms with van der Waals surface area (Å²) >= 11 is 0. The summed E-state index contributed by atoms with van der Waals surface area (Å²) in [5.41, 5.74) is 12.1. The van der Waals surface area contributed by atoms with Crippen LogP contribution in [0.2, 0.25) is 0 Å². The Hall–Kier alpha value is -4.95. The van der Waals surface area contributed by atoms with Crippen molar-refractivity contribution in [2.45, 2.75) is 32.5 Å². The van der Waals surface area contributed by atoms with Gasteiger partial charge in [0.15, 0.2) is 0 Å². The van der Waals surface area contributed by atoms with Crippen molar-refractivity contribution in [2.24, 2.45) is 0 Å². The molecule has 0 radical (unpaired) electrons. The van der Waals surface area contributed by atoms with Crippen LogP contribution in [-0.4, -0.2) is 4.98 Å². The molecule has 202 valence electrons. The predicted molar refractivity (Wildman–Crippen MR) is 174 cm³/mol. The van der Waals surface area contributed by atoms with Crippen LogP contribution in [0.25, 0.3) is 55.4 Å². The highest BCUT2D eigenvalue weighted by molar-refractivity contribution is 6.12. The Morgan fingerprint density at radius 3 is 2.00 bits per heavy atom. The molecule has 0 unspecified atom stereocenters. The minimum Gasteiger partial charge on any atom is -0.455 e. The molecule has 7 aromatic rings. The lowest BCUT2D eigenvalue weighted by Crippen LogP contribution is -2.01. The molecular weight excluding hydrogens is 510 g/mol. The van der Waals surface area contributed by atoms with E-state index < -0.39 is 6.85 Å². The fraction of sp³-hybridized carbons (Fsp3) is 0.125. The first kappa shape index (κ1) is 21.8. The van der Waals surface area contributed by atoms with Crippen LogP contribution < -0.4 is 0 Å². The fourth-order valence-electron chi connectivity index (χ4n) is 6.38. The zero-order valence-corrected chi connectivity index (χ0v) is 23.2. The van der Waals surface area contributed by atoms with Gasteiger partial charge in [-0.15, -0.1) is 0 Å². The van der Waals surface area contributed by atoms with E-state index in [1.54, 1.807) is 6.20 Å². The predicted octanol–water partition coefficient (Wildman–Crippen LogP) is 10.2. The summed E-state index contributed by atoms with van der Waals surface area (Å²) in [5, 5.41) is 2.04. The maximum atomic E-state index is 8.45. The SMILES string of the molecule is [2H]C([2H])([2H])c1cnc(-c2cccc3c2oc2c(-c4ccccc4)cccc23)cc1-c1cc2ccc1CCc1ccc(cc1)CC2. The fourth-order valence-corrected chi connectivity index (χ4v) is 6.38. The first-order chi connectivity index (χ1) is 21.9. The summed E-state index contributed by atoms with van der Waals surface area (Å²) in [6.07, 6.45) is 5.07. The van der Waals surface area contributed by atoms with Gasteiger partial charge in [0.25, 0.3) is 0 Å². The van der Waals surface area contributed by atoms with Gasteiger partial charge in [-0.3, -0.25) is 4.98 Å². The van der Waals surface area contributed by atoms with Crippen molar-refractivity contribution in [3.8, 4) is 33.5 Å². The first-order valence-electron chi connectivity index (χ1n) is 16.1. The topological polar surface area (TPSA) is 26.0 Å². The number of nitrogens with zero attached hydrogens (tertiary/aromatic N) is 1. The molecule has 2 aromatic heterocycles. The third kappa shape index (κ3) is 4.31. The molecule has 0 amide bonds. The Kier molecular flexibility index (Phi) is 5.26. The van der Waals surface area contributed by atoms with Crippen LogP contribution in [-0.2, 0) is 25.7 Å². The van der Waals surface area contributed by atoms with Crippen LogP contribution in [0, 0.1) is 6.85 Å². The van der Waals surface area contributed by atoms with Crippen LogP contribution in [0.4, 0.5) is 0 Å². The van der Waals surface area contributed by atoms with E-state index in [2.05, 4.69) is 78.9 Å². The van der Waals surface area contributed by atoms with Crippen LogP contribution in [0.5, 0.6) is 0 Å². The van der Waals surface area contributed by atoms with E-state index in [0.29, 0.717) is 11.3 Å². The van der Waals surface area contributed by atoms with Crippen molar-refractivity contribution >= 4 is 21.9 Å². The highest BCUT2D eigenvalue weighted by Gasteiger charge is 2.18. The van der Waals surface area contributed by atoms with Gasteiger partial charge in [-0.1, -0.05) is 103 Å². The van der Waals surface area contributed by atoms with Gasteiger partial charge in [0.2, 0.25) is 0 Å². The number of para-hydroxylation sites is 2. The highest BCUT2D eigenvalue weighted by atomic mass is 16.3. The number of furan rings is 1. The lowest BCUT2D eigenvalue weighted by molar-refractivity contribution is 0.671. The van der Waals surface area contributed by atoms with E-state index in [1.807, 2.05) is 36.4 Å². The maximum Gasteiger partial charge on any atom is 0.144 e. The Morgan fingerprint density at radius 2 is 1.24 bits per heavy atom. The minimum atomic E-state index is -2.31. The third-order valence-corrected chi connectivity index (χ3v) is 8.66. The van der Waals surface area contributed by atoms with Gasteiger partial charge >= 0.3 is 0 Å². The molecule has 0 atom stereocenters. The average Bonchev–Trinajstić information content (AvgIpc) is 3.45. The number of benzene rings is 5. The molecule has 4 aliphatic rings. The van der Waals surface area contributed by atoms with E-state index in [9.17, 15) is 0 Å². The second kappa shape index (κ2) is 10.2. The van der Waals surface area contributed by atoms with Crippen LogP contribution in [0.1, 0.15) is 31.9 Å². The van der Waals surface area contributed by atoms with Gasteiger partial charge in [-0.2, -0.15) is 0 Å². The number of rotatable bonds is 3. The van der Waals surface area contributed by atoms with Crippen molar-refractivity contribution < 1.29 is 8.53 Å². The molecule has 4 bridgehead atoms. The van der Waals surface area contributed by atoms with Crippen molar-refractivity contribution in [1.82, 2.24) is 4.98 Å². The molecule has 0 saturated carbocycles. The maximum absolute atomic E-state index is 8.45. The quantitative estimate of drug-likeness (QED) is 0.221. The zero-order valence-electron chi connectivity index (χ0n) is 26.2. The van der Waals surface area contributed by atoms with E-state index >= 15 is 0 Å². The zero-order chi connectivity index (χ0) is 30.5. The summed E-state index contributed by atoms with van der Waals surface area (Å²) in [5.74, 6) is 0. The third-order valence-electron chi connectivity index (χ3n) is 8.66. The Bertz CT molecular complexity index is 2190. The minimum absolute atomic E-state index is 0.267. The number of aromatic nitrogens is 1. The van der Waals surface area contributed by atoms with Gasteiger partial charge in [0.1, 0.15) is 11.2 Å². The van der Waals surface area contributed by atoms with E-state index in [4.69, 9.17) is 13.5 Å². The summed E-state index contributed by atoms with van der Waals surface area (Å²) in [4.78, 5) is 4.76. The van der Waals surface area contributed by atoms with Gasteiger partial charge in [-0.05, 0) is 89.2 Å². The molecule has 42 heavy (non-hydrogen) atoms. The van der Waals surface area contributed by atoms with Crippen molar-refractivity contribution in [2.75, 3.05) is 0 Å². The average molecular weight is 545 g/mol. The standard InChI is InChI=1S/C40H31NO/c1-26-25-41-38(24-36(26)37-23-29-18-17-27-13-15-28(16-14-27)19-21-31(37)22-20-29)35-12-6-11-34-33-10-5-9-32(39(33)42-40(34)35)30-7-3-2-4-8-30/h2-16,20,22-25H,17-19,21H2,1H3/i1D3. The molecule has 11 rings (SSSR count). The molecular formula is C40H31NO. The van der Waals surface area contributed by atoms with Crippen molar-refractivity contribution in [3.63, 3.8) is 0 Å². The summed E-state index contributed by atoms with van der Waals surface area (Å²) in [6.45, 7) is -2.31. The van der Waals surface area contributed by atoms with E-state index in [1.165, 1.54) is 16.7 Å². The second-order valence-corrected chi connectivity index (χ2v) is 11.3. The van der Waals surface area contributed by atoms with Crippen molar-refractivity contribution in [1.29, 1.82) is 0 Å². The molecule has 5 aromatic carbocycles. The van der Waals surface area contributed by atoms with E-state index in [-0.39, 0.29) is 5.56 Å². The van der Waals surface area contributed by atoms with Gasteiger partial charge in [0.05, 0.1) is 5.69 Å². The van der Waals surface area contributed by atoms with Gasteiger partial charge < -0.3 is 4.42 Å². The smallest absolute Gasteiger partial charge is 0.144 e. The normalized spacial score (nSPS) is 14.3. The van der Waals surface area contributed by atoms with Crippen LogP contribution in [0.3, 0.4) is 0 Å². The largest absolute Gasteiger partial charge is 0.455 e. The first-order valence-corrected chi connectivity index (χ1v) is 14.6. The lowest BCUT2D eigenvalue weighted by Gasteiger charge is -2.17. The van der Waals surface area contributed by atoms with Crippen LogP contribution >= 0.6 is 0 Å². The Morgan fingerprint density at radius 1 is 0.571 bits per heavy atom. The van der Waals surface area contributed by atoms with Gasteiger partial charge in [0, 0.05) is 32.2 Å². The lowest BCUT2D eigenvalue weighted by atomic mass is 9.89. The monoisotopic (exact) mass is 544 g/mol. The molecule has 0 spiro atoms. The number of fused-ring (bicyclic) bond motifs is 3. The number of pyridine rings is 1. The Balaban J connectivity index is 1.31. The second-order valence-electron chi connectivity index (χ2n) is 11.3. The molecule has 0 aliphatic heterocycles. The highest BCUT2D eigenvalue weighted by Crippen LogP contribution is 2.40.